The Bertz CT molecular complexity index is 174. The van der Waals surface area contributed by atoms with Crippen LogP contribution in [0.4, 0.5) is 0 Å². The van der Waals surface area contributed by atoms with Crippen LogP contribution in [0.3, 0.4) is 0 Å². The van der Waals surface area contributed by atoms with E-state index in [0.29, 0.717) is 19.0 Å². The zero-order chi connectivity index (χ0) is 10.2. The van der Waals surface area contributed by atoms with Crippen LogP contribution in [0.5, 0.6) is 0 Å². The minimum absolute atomic E-state index is 0.127. The summed E-state index contributed by atoms with van der Waals surface area (Å²) in [6.07, 6.45) is 0.850. The average Bonchev–Trinajstić information content (AvgIpc) is 2.20. The molecule has 0 aromatic heterocycles. The maximum Gasteiger partial charge on any atom is 0.234 e. The quantitative estimate of drug-likeness (QED) is 0.566. The zero-order valence-corrected chi connectivity index (χ0v) is 9.87. The molecule has 0 spiro atoms. The number of nitrogens with zero attached hydrogens (tertiary/aromatic N) is 1. The van der Waals surface area contributed by atoms with Gasteiger partial charge in [-0.3, -0.25) is 9.69 Å². The first kappa shape index (κ1) is 12.1. The molecule has 1 N–H and O–H groups in total. The summed E-state index contributed by atoms with van der Waals surface area (Å²) in [7, 11) is 0. The molecule has 0 aromatic rings. The number of hydrogen-bond donors (Lipinski definition) is 1. The van der Waals surface area contributed by atoms with Crippen LogP contribution in [0.25, 0.3) is 0 Å². The van der Waals surface area contributed by atoms with Crippen molar-refractivity contribution in [2.24, 2.45) is 0 Å². The minimum Gasteiger partial charge on any atom is -0.355 e. The zero-order valence-electron chi connectivity index (χ0n) is 8.30. The van der Waals surface area contributed by atoms with Gasteiger partial charge in [0, 0.05) is 37.0 Å². The Balaban J connectivity index is 2.06. The maximum absolute atomic E-state index is 11.4. The smallest absolute Gasteiger partial charge is 0.234 e. The summed E-state index contributed by atoms with van der Waals surface area (Å²) in [5.41, 5.74) is 0. The van der Waals surface area contributed by atoms with Crippen LogP contribution in [0.1, 0.15) is 6.42 Å². The lowest BCUT2D eigenvalue weighted by molar-refractivity contribution is -0.122. The number of hydrogen-bond acceptors (Lipinski definition) is 3. The van der Waals surface area contributed by atoms with E-state index in [1.54, 1.807) is 0 Å². The Morgan fingerprint density at radius 2 is 2.14 bits per heavy atom. The molecule has 1 heterocycles. The molecule has 0 unspecified atom stereocenters. The van der Waals surface area contributed by atoms with Crippen LogP contribution in [-0.2, 0) is 4.79 Å². The van der Waals surface area contributed by atoms with E-state index in [1.165, 1.54) is 0 Å². The summed E-state index contributed by atoms with van der Waals surface area (Å²) in [6, 6.07) is 0. The van der Waals surface area contributed by atoms with Crippen LogP contribution >= 0.6 is 23.4 Å². The van der Waals surface area contributed by atoms with Gasteiger partial charge in [0.1, 0.15) is 0 Å². The van der Waals surface area contributed by atoms with Gasteiger partial charge in [-0.15, -0.1) is 11.6 Å². The number of alkyl halides is 1. The normalized spacial score (nSPS) is 18.1. The molecule has 0 aliphatic carbocycles. The first-order valence-corrected chi connectivity index (χ1v) is 6.64. The van der Waals surface area contributed by atoms with E-state index in [4.69, 9.17) is 11.6 Å². The molecule has 1 saturated heterocycles. The molecule has 82 valence electrons. The summed E-state index contributed by atoms with van der Waals surface area (Å²) >= 11 is 7.47. The molecule has 14 heavy (non-hydrogen) atoms. The molecule has 5 heteroatoms. The van der Waals surface area contributed by atoms with Crippen molar-refractivity contribution in [2.75, 3.05) is 43.6 Å². The van der Waals surface area contributed by atoms with E-state index >= 15 is 0 Å². The van der Waals surface area contributed by atoms with Gasteiger partial charge in [0.2, 0.25) is 5.91 Å². The predicted octanol–water partition coefficient (Wildman–Crippen LogP) is 0.780. The highest BCUT2D eigenvalue weighted by Crippen LogP contribution is 2.08. The summed E-state index contributed by atoms with van der Waals surface area (Å²) in [5.74, 6) is 3.03. The van der Waals surface area contributed by atoms with E-state index in [-0.39, 0.29) is 5.91 Å². The SMILES string of the molecule is O=C(CN1CCSCC1)NCCCCl. The second-order valence-corrected chi connectivity index (χ2v) is 4.88. The Labute approximate surface area is 94.6 Å². The lowest BCUT2D eigenvalue weighted by atomic mass is 10.4. The molecule has 1 amide bonds. The van der Waals surface area contributed by atoms with Crippen molar-refractivity contribution < 1.29 is 4.79 Å². The van der Waals surface area contributed by atoms with Gasteiger partial charge in [0.05, 0.1) is 6.54 Å². The number of carbonyl (C=O) groups is 1. The van der Waals surface area contributed by atoms with E-state index in [2.05, 4.69) is 10.2 Å². The molecule has 0 atom stereocenters. The number of thioether (sulfide) groups is 1. The molecule has 3 nitrogen and oxygen atoms in total. The van der Waals surface area contributed by atoms with E-state index < -0.39 is 0 Å². The Kier molecular flexibility index (Phi) is 6.39. The Hall–Kier alpha value is 0.0700. The summed E-state index contributed by atoms with van der Waals surface area (Å²) in [5, 5.41) is 2.86. The Morgan fingerprint density at radius 3 is 2.79 bits per heavy atom. The largest absolute Gasteiger partial charge is 0.355 e. The van der Waals surface area contributed by atoms with Crippen LogP contribution in [0.15, 0.2) is 0 Å². The average molecular weight is 237 g/mol. The molecule has 1 fully saturated rings. The van der Waals surface area contributed by atoms with Gasteiger partial charge in [0.15, 0.2) is 0 Å². The molecule has 0 aromatic carbocycles. The van der Waals surface area contributed by atoms with Gasteiger partial charge in [-0.1, -0.05) is 0 Å². The second-order valence-electron chi connectivity index (χ2n) is 3.28. The topological polar surface area (TPSA) is 32.3 Å². The third-order valence-corrected chi connectivity index (χ3v) is 3.31. The van der Waals surface area contributed by atoms with Gasteiger partial charge < -0.3 is 5.32 Å². The molecular weight excluding hydrogens is 220 g/mol. The second kappa shape index (κ2) is 7.37. The van der Waals surface area contributed by atoms with E-state index in [1.807, 2.05) is 11.8 Å². The number of rotatable bonds is 5. The van der Waals surface area contributed by atoms with Gasteiger partial charge in [-0.2, -0.15) is 11.8 Å². The first-order valence-electron chi connectivity index (χ1n) is 4.95. The van der Waals surface area contributed by atoms with Gasteiger partial charge in [-0.25, -0.2) is 0 Å². The maximum atomic E-state index is 11.4. The third kappa shape index (κ3) is 5.08. The van der Waals surface area contributed by atoms with Gasteiger partial charge in [-0.05, 0) is 6.42 Å². The number of halogens is 1. The number of amides is 1. The molecule has 0 saturated carbocycles. The van der Waals surface area contributed by atoms with Crippen molar-refractivity contribution in [1.82, 2.24) is 10.2 Å². The highest BCUT2D eigenvalue weighted by Gasteiger charge is 2.13. The monoisotopic (exact) mass is 236 g/mol. The number of carbonyl (C=O) groups excluding carboxylic acids is 1. The fraction of sp³-hybridized carbons (Fsp3) is 0.889. The Morgan fingerprint density at radius 1 is 1.43 bits per heavy atom. The highest BCUT2D eigenvalue weighted by molar-refractivity contribution is 7.99. The van der Waals surface area contributed by atoms with Gasteiger partial charge >= 0.3 is 0 Å². The van der Waals surface area contributed by atoms with Crippen LogP contribution < -0.4 is 5.32 Å². The molecule has 0 radical (unpaired) electrons. The summed E-state index contributed by atoms with van der Waals surface area (Å²) in [4.78, 5) is 13.6. The minimum atomic E-state index is 0.127. The van der Waals surface area contributed by atoms with Crippen molar-refractivity contribution in [3.63, 3.8) is 0 Å². The first-order chi connectivity index (χ1) is 6.83. The van der Waals surface area contributed by atoms with Crippen molar-refractivity contribution in [1.29, 1.82) is 0 Å². The third-order valence-electron chi connectivity index (χ3n) is 2.10. The molecule has 1 aliphatic rings. The summed E-state index contributed by atoms with van der Waals surface area (Å²) < 4.78 is 0. The fourth-order valence-electron chi connectivity index (χ4n) is 1.31. The van der Waals surface area contributed by atoms with Crippen molar-refractivity contribution >= 4 is 29.3 Å². The molecule has 1 aliphatic heterocycles. The van der Waals surface area contributed by atoms with Crippen molar-refractivity contribution in [3.05, 3.63) is 0 Å². The van der Waals surface area contributed by atoms with E-state index in [0.717, 1.165) is 31.0 Å². The highest BCUT2D eigenvalue weighted by atomic mass is 35.5. The van der Waals surface area contributed by atoms with Crippen LogP contribution in [-0.4, -0.2) is 54.4 Å². The fourth-order valence-corrected chi connectivity index (χ4v) is 2.43. The lowest BCUT2D eigenvalue weighted by Gasteiger charge is -2.25. The predicted molar refractivity (Wildman–Crippen MR) is 62.1 cm³/mol. The van der Waals surface area contributed by atoms with E-state index in [9.17, 15) is 4.79 Å². The number of nitrogens with one attached hydrogen (secondary N) is 1. The molecular formula is C9H17ClN2OS. The van der Waals surface area contributed by atoms with Gasteiger partial charge in [0.25, 0.3) is 0 Å². The molecule has 1 rings (SSSR count). The van der Waals surface area contributed by atoms with Crippen molar-refractivity contribution in [2.45, 2.75) is 6.42 Å². The standard InChI is InChI=1S/C9H17ClN2OS/c10-2-1-3-11-9(13)8-12-4-6-14-7-5-12/h1-8H2,(H,11,13). The molecule has 0 bridgehead atoms. The summed E-state index contributed by atoms with van der Waals surface area (Å²) in [6.45, 7) is 3.31. The van der Waals surface area contributed by atoms with Crippen molar-refractivity contribution in [3.8, 4) is 0 Å². The van der Waals surface area contributed by atoms with Crippen LogP contribution in [0, 0.1) is 0 Å². The van der Waals surface area contributed by atoms with Crippen LogP contribution in [0.2, 0.25) is 0 Å². The lowest BCUT2D eigenvalue weighted by Crippen LogP contribution is -2.41.